The Balaban J connectivity index is 2.00. The van der Waals surface area contributed by atoms with Crippen LogP contribution in [0.4, 0.5) is 0 Å². The van der Waals surface area contributed by atoms with Gasteiger partial charge in [-0.2, -0.15) is 4.99 Å². The van der Waals surface area contributed by atoms with E-state index in [0.29, 0.717) is 15.9 Å². The Hall–Kier alpha value is -2.93. The lowest BCUT2D eigenvalue weighted by atomic mass is 10.1. The molecule has 25 heavy (non-hydrogen) atoms. The van der Waals surface area contributed by atoms with Crippen molar-refractivity contribution in [3.05, 3.63) is 58.4 Å². The second-order valence-electron chi connectivity index (χ2n) is 5.24. The Bertz CT molecular complexity index is 1020. The molecule has 0 saturated heterocycles. The number of thiazole rings is 1. The minimum atomic E-state index is -0.445. The highest BCUT2D eigenvalue weighted by atomic mass is 32.1. The van der Waals surface area contributed by atoms with Crippen molar-refractivity contribution in [2.24, 2.45) is 12.0 Å². The number of aryl methyl sites for hydroxylation is 1. The maximum absolute atomic E-state index is 12.4. The summed E-state index contributed by atoms with van der Waals surface area (Å²) in [5.41, 5.74) is 1.68. The Morgan fingerprint density at radius 1 is 1.04 bits per heavy atom. The first-order valence-corrected chi connectivity index (χ1v) is 8.26. The van der Waals surface area contributed by atoms with Crippen LogP contribution in [0.25, 0.3) is 10.2 Å². The fourth-order valence-corrected chi connectivity index (χ4v) is 3.49. The summed E-state index contributed by atoms with van der Waals surface area (Å²) in [6.45, 7) is 0. The normalized spacial score (nSPS) is 11.6. The summed E-state index contributed by atoms with van der Waals surface area (Å²) in [5, 5.41) is 0. The third-order valence-electron chi connectivity index (χ3n) is 3.76. The second kappa shape index (κ2) is 6.90. The number of esters is 1. The molecule has 0 fully saturated rings. The van der Waals surface area contributed by atoms with E-state index >= 15 is 0 Å². The summed E-state index contributed by atoms with van der Waals surface area (Å²) in [6.07, 6.45) is 0. The predicted octanol–water partition coefficient (Wildman–Crippen LogP) is 2.78. The highest BCUT2D eigenvalue weighted by Crippen LogP contribution is 2.26. The lowest BCUT2D eigenvalue weighted by molar-refractivity contribution is 0.0600. The van der Waals surface area contributed by atoms with Gasteiger partial charge in [0.25, 0.3) is 5.91 Å². The average molecular weight is 356 g/mol. The maximum atomic E-state index is 12.4. The molecule has 0 atom stereocenters. The highest BCUT2D eigenvalue weighted by Gasteiger charge is 2.11. The van der Waals surface area contributed by atoms with Crippen molar-refractivity contribution < 1.29 is 19.1 Å². The first-order chi connectivity index (χ1) is 12.0. The Labute approximate surface area is 148 Å². The molecule has 0 unspecified atom stereocenters. The fourth-order valence-electron chi connectivity index (χ4n) is 2.46. The molecule has 7 heteroatoms. The molecule has 6 nitrogen and oxygen atoms in total. The van der Waals surface area contributed by atoms with Crippen LogP contribution < -0.4 is 9.54 Å². The molecule has 2 aromatic carbocycles. The number of para-hydroxylation sites is 1. The first kappa shape index (κ1) is 16.9. The number of nitrogens with zero attached hydrogens (tertiary/aromatic N) is 2. The number of hydrogen-bond donors (Lipinski definition) is 0. The zero-order chi connectivity index (χ0) is 18.0. The topological polar surface area (TPSA) is 69.9 Å². The average Bonchev–Trinajstić information content (AvgIpc) is 2.97. The van der Waals surface area contributed by atoms with Gasteiger partial charge in [-0.1, -0.05) is 17.4 Å². The standard InChI is InChI=1S/C18H16N2O4S/c1-20-15-13(23-2)5-4-6-14(15)25-18(20)19-16(21)11-7-9-12(10-8-11)17(22)24-3/h4-10H,1-3H3. The van der Waals surface area contributed by atoms with E-state index in [2.05, 4.69) is 9.73 Å². The van der Waals surface area contributed by atoms with Crippen LogP contribution in [-0.2, 0) is 11.8 Å². The Morgan fingerprint density at radius 3 is 2.36 bits per heavy atom. The van der Waals surface area contributed by atoms with Crippen LogP contribution in [0, 0.1) is 0 Å². The van der Waals surface area contributed by atoms with E-state index in [1.807, 2.05) is 29.8 Å². The van der Waals surface area contributed by atoms with Crippen LogP contribution in [0.3, 0.4) is 0 Å². The van der Waals surface area contributed by atoms with Crippen LogP contribution in [-0.4, -0.2) is 30.7 Å². The van der Waals surface area contributed by atoms with Gasteiger partial charge in [0.15, 0.2) is 4.80 Å². The van der Waals surface area contributed by atoms with Crippen molar-refractivity contribution in [3.63, 3.8) is 0 Å². The molecular weight excluding hydrogens is 340 g/mol. The number of carbonyl (C=O) groups excluding carboxylic acids is 2. The van der Waals surface area contributed by atoms with Crippen molar-refractivity contribution in [1.82, 2.24) is 4.57 Å². The van der Waals surface area contributed by atoms with Gasteiger partial charge in [0, 0.05) is 12.6 Å². The summed E-state index contributed by atoms with van der Waals surface area (Å²) in [7, 11) is 4.76. The lowest BCUT2D eigenvalue weighted by Crippen LogP contribution is -2.13. The molecular formula is C18H16N2O4S. The Morgan fingerprint density at radius 2 is 1.72 bits per heavy atom. The van der Waals surface area contributed by atoms with Crippen molar-refractivity contribution in [2.75, 3.05) is 14.2 Å². The van der Waals surface area contributed by atoms with Crippen molar-refractivity contribution in [2.45, 2.75) is 0 Å². The number of methoxy groups -OCH3 is 2. The number of rotatable bonds is 3. The molecule has 0 aliphatic carbocycles. The maximum Gasteiger partial charge on any atom is 0.337 e. The van der Waals surface area contributed by atoms with Crippen LogP contribution in [0.1, 0.15) is 20.7 Å². The van der Waals surface area contributed by atoms with E-state index in [9.17, 15) is 9.59 Å². The number of hydrogen-bond acceptors (Lipinski definition) is 5. The number of ether oxygens (including phenoxy) is 2. The SMILES string of the molecule is COC(=O)c1ccc(C(=O)N=c2sc3cccc(OC)c3n2C)cc1. The summed E-state index contributed by atoms with van der Waals surface area (Å²) in [6, 6.07) is 11.9. The summed E-state index contributed by atoms with van der Waals surface area (Å²) >= 11 is 1.41. The molecule has 0 N–H and O–H groups in total. The third kappa shape index (κ3) is 3.18. The summed E-state index contributed by atoms with van der Waals surface area (Å²) in [5.74, 6) is -0.0935. The van der Waals surface area contributed by atoms with Gasteiger partial charge in [0.05, 0.1) is 24.5 Å². The number of carbonyl (C=O) groups is 2. The lowest BCUT2D eigenvalue weighted by Gasteiger charge is -2.03. The van der Waals surface area contributed by atoms with Gasteiger partial charge in [-0.3, -0.25) is 4.79 Å². The monoisotopic (exact) mass is 356 g/mol. The van der Waals surface area contributed by atoms with Crippen LogP contribution in [0.2, 0.25) is 0 Å². The number of aromatic nitrogens is 1. The molecule has 3 aromatic rings. The van der Waals surface area contributed by atoms with Crippen molar-refractivity contribution >= 4 is 33.4 Å². The molecule has 1 amide bonds. The molecule has 0 saturated carbocycles. The molecule has 1 heterocycles. The van der Waals surface area contributed by atoms with E-state index in [4.69, 9.17) is 4.74 Å². The van der Waals surface area contributed by atoms with Crippen molar-refractivity contribution in [3.8, 4) is 5.75 Å². The van der Waals surface area contributed by atoms with Gasteiger partial charge < -0.3 is 14.0 Å². The van der Waals surface area contributed by atoms with Gasteiger partial charge in [-0.25, -0.2) is 4.79 Å². The Kier molecular flexibility index (Phi) is 4.67. The fraction of sp³-hybridized carbons (Fsp3) is 0.167. The van der Waals surface area contributed by atoms with Gasteiger partial charge in [-0.05, 0) is 36.4 Å². The van der Waals surface area contributed by atoms with Gasteiger partial charge in [0.1, 0.15) is 11.3 Å². The van der Waals surface area contributed by atoms with E-state index < -0.39 is 5.97 Å². The van der Waals surface area contributed by atoms with Gasteiger partial charge >= 0.3 is 5.97 Å². The predicted molar refractivity (Wildman–Crippen MR) is 95.0 cm³/mol. The molecule has 3 rings (SSSR count). The van der Waals surface area contributed by atoms with E-state index in [-0.39, 0.29) is 5.91 Å². The van der Waals surface area contributed by atoms with E-state index in [1.54, 1.807) is 31.4 Å². The zero-order valence-corrected chi connectivity index (χ0v) is 14.8. The van der Waals surface area contributed by atoms with Crippen molar-refractivity contribution in [1.29, 1.82) is 0 Å². The summed E-state index contributed by atoms with van der Waals surface area (Å²) < 4.78 is 12.8. The molecule has 1 aromatic heterocycles. The third-order valence-corrected chi connectivity index (χ3v) is 4.85. The highest BCUT2D eigenvalue weighted by molar-refractivity contribution is 7.16. The molecule has 0 spiro atoms. The van der Waals surface area contributed by atoms with Crippen LogP contribution >= 0.6 is 11.3 Å². The largest absolute Gasteiger partial charge is 0.495 e. The quantitative estimate of drug-likeness (QED) is 0.677. The number of amides is 1. The minimum absolute atomic E-state index is 0.377. The molecule has 0 aliphatic heterocycles. The van der Waals surface area contributed by atoms with Crippen LogP contribution in [0.15, 0.2) is 47.5 Å². The zero-order valence-electron chi connectivity index (χ0n) is 14.0. The molecule has 0 bridgehead atoms. The smallest absolute Gasteiger partial charge is 0.337 e. The molecule has 128 valence electrons. The minimum Gasteiger partial charge on any atom is -0.495 e. The summed E-state index contributed by atoms with van der Waals surface area (Å²) in [4.78, 5) is 28.7. The molecule has 0 radical (unpaired) electrons. The van der Waals surface area contributed by atoms with Gasteiger partial charge in [0.2, 0.25) is 0 Å². The first-order valence-electron chi connectivity index (χ1n) is 7.45. The number of fused-ring (bicyclic) bond motifs is 1. The van der Waals surface area contributed by atoms with E-state index in [1.165, 1.54) is 18.4 Å². The van der Waals surface area contributed by atoms with Gasteiger partial charge in [-0.15, -0.1) is 0 Å². The number of benzene rings is 2. The molecule has 0 aliphatic rings. The second-order valence-corrected chi connectivity index (χ2v) is 6.25. The van der Waals surface area contributed by atoms with E-state index in [0.717, 1.165) is 16.0 Å². The van der Waals surface area contributed by atoms with Crippen LogP contribution in [0.5, 0.6) is 5.75 Å².